The van der Waals surface area contributed by atoms with Gasteiger partial charge in [0, 0.05) is 18.9 Å². The van der Waals surface area contributed by atoms with Gasteiger partial charge in [-0.2, -0.15) is 0 Å². The number of aromatic nitrogens is 1. The van der Waals surface area contributed by atoms with E-state index < -0.39 is 6.10 Å². The number of nitrogens with one attached hydrogen (secondary N) is 1. The number of oxime groups is 1. The molecule has 4 rings (SSSR count). The highest BCUT2D eigenvalue weighted by molar-refractivity contribution is 5.96. The van der Waals surface area contributed by atoms with Crippen LogP contribution in [0.3, 0.4) is 0 Å². The molecule has 1 amide bonds. The van der Waals surface area contributed by atoms with Gasteiger partial charge in [0.05, 0.1) is 12.3 Å². The van der Waals surface area contributed by atoms with Gasteiger partial charge in [0.25, 0.3) is 5.91 Å². The fraction of sp³-hybridized carbons (Fsp3) is 0.211. The Morgan fingerprint density at radius 3 is 2.92 bits per heavy atom. The zero-order valence-electron chi connectivity index (χ0n) is 13.5. The van der Waals surface area contributed by atoms with Crippen LogP contribution < -0.4 is 5.32 Å². The van der Waals surface area contributed by atoms with E-state index in [9.17, 15) is 4.79 Å². The number of nitrogens with zero attached hydrogens (tertiary/aromatic N) is 2. The number of hydrogen-bond acceptors (Lipinski definition) is 5. The van der Waals surface area contributed by atoms with Crippen LogP contribution in [0.1, 0.15) is 17.7 Å². The van der Waals surface area contributed by atoms with Crippen LogP contribution in [0.2, 0.25) is 0 Å². The van der Waals surface area contributed by atoms with Gasteiger partial charge in [0.1, 0.15) is 12.0 Å². The van der Waals surface area contributed by atoms with Crippen LogP contribution in [0.4, 0.5) is 0 Å². The third-order valence-electron chi connectivity index (χ3n) is 4.23. The van der Waals surface area contributed by atoms with Crippen molar-refractivity contribution in [3.8, 4) is 0 Å². The van der Waals surface area contributed by atoms with Crippen molar-refractivity contribution in [3.05, 3.63) is 66.1 Å². The predicted molar refractivity (Wildman–Crippen MR) is 92.9 cm³/mol. The van der Waals surface area contributed by atoms with Crippen molar-refractivity contribution in [2.45, 2.75) is 25.5 Å². The molecular weight excluding hydrogens is 318 g/mol. The van der Waals surface area contributed by atoms with Crippen molar-refractivity contribution in [3.63, 3.8) is 0 Å². The van der Waals surface area contributed by atoms with Crippen LogP contribution in [-0.2, 0) is 22.6 Å². The molecule has 25 heavy (non-hydrogen) atoms. The van der Waals surface area contributed by atoms with Crippen LogP contribution in [0.25, 0.3) is 10.8 Å². The summed E-state index contributed by atoms with van der Waals surface area (Å²) in [5.74, 6) is -0.195. The van der Waals surface area contributed by atoms with Crippen molar-refractivity contribution in [1.29, 1.82) is 0 Å². The molecule has 2 heterocycles. The third kappa shape index (κ3) is 3.38. The molecule has 2 aromatic carbocycles. The summed E-state index contributed by atoms with van der Waals surface area (Å²) >= 11 is 0. The van der Waals surface area contributed by atoms with Gasteiger partial charge in [-0.15, -0.1) is 0 Å². The minimum atomic E-state index is -0.586. The molecule has 0 saturated heterocycles. The summed E-state index contributed by atoms with van der Waals surface area (Å²) in [5, 5.41) is 13.0. The molecule has 6 nitrogen and oxygen atoms in total. The summed E-state index contributed by atoms with van der Waals surface area (Å²) < 4.78 is 4.74. The first kappa shape index (κ1) is 15.4. The summed E-state index contributed by atoms with van der Waals surface area (Å²) in [5.41, 5.74) is 2.73. The summed E-state index contributed by atoms with van der Waals surface area (Å²) in [6.45, 7) is 0.313. The maximum Gasteiger partial charge on any atom is 0.264 e. The molecule has 3 aromatic rings. The topological polar surface area (TPSA) is 76.7 Å². The monoisotopic (exact) mass is 335 g/mol. The molecule has 1 aromatic heterocycles. The lowest BCUT2D eigenvalue weighted by atomic mass is 9.98. The fourth-order valence-electron chi connectivity index (χ4n) is 2.96. The molecule has 126 valence electrons. The highest BCUT2D eigenvalue weighted by Crippen LogP contribution is 2.22. The zero-order chi connectivity index (χ0) is 17.1. The standard InChI is InChI=1S/C19H17N3O3/c23-19(20-12-15-8-9-24-21-15)18-11-16(22-25-18)10-14-6-3-5-13-4-1-2-7-17(13)14/h1-9,18H,10-12H2,(H,20,23). The number of carbonyl (C=O) groups is 1. The molecule has 0 saturated carbocycles. The largest absolute Gasteiger partial charge is 0.382 e. The Hall–Kier alpha value is -3.15. The molecule has 0 radical (unpaired) electrons. The summed E-state index contributed by atoms with van der Waals surface area (Å²) in [4.78, 5) is 17.5. The minimum absolute atomic E-state index is 0.195. The number of hydrogen-bond donors (Lipinski definition) is 1. The predicted octanol–water partition coefficient (Wildman–Crippen LogP) is 2.83. The number of amides is 1. The van der Waals surface area contributed by atoms with Gasteiger partial charge in [-0.05, 0) is 16.3 Å². The maximum atomic E-state index is 12.2. The second kappa shape index (κ2) is 6.76. The van der Waals surface area contributed by atoms with Crippen molar-refractivity contribution >= 4 is 22.4 Å². The first-order valence-electron chi connectivity index (χ1n) is 8.15. The summed E-state index contributed by atoms with van der Waals surface area (Å²) in [6.07, 6.45) is 2.05. The number of rotatable bonds is 5. The van der Waals surface area contributed by atoms with E-state index >= 15 is 0 Å². The van der Waals surface area contributed by atoms with Crippen molar-refractivity contribution in [2.75, 3.05) is 0 Å². The second-order valence-corrected chi connectivity index (χ2v) is 5.98. The van der Waals surface area contributed by atoms with Crippen molar-refractivity contribution < 1.29 is 14.2 Å². The smallest absolute Gasteiger partial charge is 0.264 e. The summed E-state index contributed by atoms with van der Waals surface area (Å²) in [6, 6.07) is 16.2. The lowest BCUT2D eigenvalue weighted by Crippen LogP contribution is -2.34. The molecule has 1 atom stereocenters. The molecule has 1 unspecified atom stereocenters. The molecule has 1 aliphatic rings. The van der Waals surface area contributed by atoms with E-state index in [1.54, 1.807) is 6.07 Å². The highest BCUT2D eigenvalue weighted by Gasteiger charge is 2.28. The Morgan fingerprint density at radius 2 is 2.04 bits per heavy atom. The van der Waals surface area contributed by atoms with Crippen LogP contribution >= 0.6 is 0 Å². The molecule has 6 heteroatoms. The van der Waals surface area contributed by atoms with Crippen LogP contribution in [-0.4, -0.2) is 22.9 Å². The second-order valence-electron chi connectivity index (χ2n) is 5.98. The molecule has 1 aliphatic heterocycles. The van der Waals surface area contributed by atoms with Crippen LogP contribution in [0, 0.1) is 0 Å². The van der Waals surface area contributed by atoms with Gasteiger partial charge in [-0.1, -0.05) is 52.8 Å². The van der Waals surface area contributed by atoms with E-state index in [2.05, 4.69) is 39.9 Å². The number of carbonyl (C=O) groups excluding carboxylic acids is 1. The highest BCUT2D eigenvalue weighted by atomic mass is 16.6. The average molecular weight is 335 g/mol. The molecule has 0 bridgehead atoms. The fourth-order valence-corrected chi connectivity index (χ4v) is 2.96. The first-order chi connectivity index (χ1) is 12.3. The molecular formula is C19H17N3O3. The Bertz CT molecular complexity index is 913. The van der Waals surface area contributed by atoms with Crippen molar-refractivity contribution in [2.24, 2.45) is 5.16 Å². The summed E-state index contributed by atoms with van der Waals surface area (Å²) in [7, 11) is 0. The Kier molecular flexibility index (Phi) is 4.16. The number of fused-ring (bicyclic) bond motifs is 1. The number of benzene rings is 2. The Morgan fingerprint density at radius 1 is 1.16 bits per heavy atom. The van der Waals surface area contributed by atoms with Crippen LogP contribution in [0.5, 0.6) is 0 Å². The van der Waals surface area contributed by atoms with E-state index in [1.165, 1.54) is 22.6 Å². The maximum absolute atomic E-state index is 12.2. The van der Waals surface area contributed by atoms with E-state index in [1.807, 2.05) is 18.2 Å². The van der Waals surface area contributed by atoms with Crippen LogP contribution in [0.15, 0.2) is 64.5 Å². The average Bonchev–Trinajstić information content (AvgIpc) is 3.32. The lowest BCUT2D eigenvalue weighted by molar-refractivity contribution is -0.131. The Labute approximate surface area is 144 Å². The molecule has 0 spiro atoms. The third-order valence-corrected chi connectivity index (χ3v) is 4.23. The van der Waals surface area contributed by atoms with E-state index in [-0.39, 0.29) is 5.91 Å². The zero-order valence-corrected chi connectivity index (χ0v) is 13.5. The van der Waals surface area contributed by atoms with Gasteiger partial charge in [0.15, 0.2) is 0 Å². The van der Waals surface area contributed by atoms with Gasteiger partial charge < -0.3 is 14.7 Å². The van der Waals surface area contributed by atoms with Gasteiger partial charge >= 0.3 is 0 Å². The molecule has 1 N–H and O–H groups in total. The Balaban J connectivity index is 1.38. The normalized spacial score (nSPS) is 16.5. The van der Waals surface area contributed by atoms with E-state index in [0.717, 1.165) is 5.71 Å². The molecule has 0 fully saturated rings. The first-order valence-corrected chi connectivity index (χ1v) is 8.15. The quantitative estimate of drug-likeness (QED) is 0.778. The van der Waals surface area contributed by atoms with Gasteiger partial charge in [-0.25, -0.2) is 0 Å². The van der Waals surface area contributed by atoms with Gasteiger partial charge in [0.2, 0.25) is 6.10 Å². The molecule has 0 aliphatic carbocycles. The van der Waals surface area contributed by atoms with E-state index in [4.69, 9.17) is 9.36 Å². The van der Waals surface area contributed by atoms with Crippen molar-refractivity contribution in [1.82, 2.24) is 10.5 Å². The van der Waals surface area contributed by atoms with Gasteiger partial charge in [-0.3, -0.25) is 4.79 Å². The van der Waals surface area contributed by atoms with E-state index in [0.29, 0.717) is 25.1 Å². The SMILES string of the molecule is O=C(NCc1ccon1)C1CC(Cc2cccc3ccccc23)=NO1. The lowest BCUT2D eigenvalue weighted by Gasteiger charge is -2.08. The minimum Gasteiger partial charge on any atom is -0.382 e.